The van der Waals surface area contributed by atoms with Crippen LogP contribution < -0.4 is 11.1 Å². The minimum atomic E-state index is -0.704. The number of benzene rings is 1. The molecule has 2 rings (SSSR count). The topological polar surface area (TPSA) is 112 Å². The zero-order chi connectivity index (χ0) is 15.4. The van der Waals surface area contributed by atoms with Crippen LogP contribution >= 0.6 is 15.9 Å². The molecule has 8 nitrogen and oxygen atoms in total. The van der Waals surface area contributed by atoms with Crippen LogP contribution in [0.25, 0.3) is 0 Å². The number of amides is 1. The van der Waals surface area contributed by atoms with E-state index in [-0.39, 0.29) is 24.0 Å². The molecule has 9 heteroatoms. The summed E-state index contributed by atoms with van der Waals surface area (Å²) in [6.07, 6.45) is 0. The second kappa shape index (κ2) is 6.35. The van der Waals surface area contributed by atoms with Crippen LogP contribution in [0.5, 0.6) is 0 Å². The molecule has 1 aromatic carbocycles. The number of nitrogens with one attached hydrogen (secondary N) is 1. The Morgan fingerprint density at radius 3 is 2.81 bits per heavy atom. The molecule has 0 bridgehead atoms. The maximum absolute atomic E-state index is 11.9. The van der Waals surface area contributed by atoms with Crippen molar-refractivity contribution in [1.29, 1.82) is 0 Å². The van der Waals surface area contributed by atoms with Gasteiger partial charge in [0.1, 0.15) is 6.54 Å². The molecule has 3 N–H and O–H groups in total. The molecule has 0 atom stereocenters. The summed E-state index contributed by atoms with van der Waals surface area (Å²) in [4.78, 5) is 23.3. The zero-order valence-electron chi connectivity index (χ0n) is 11.0. The summed E-state index contributed by atoms with van der Waals surface area (Å²) in [7, 11) is 1.21. The van der Waals surface area contributed by atoms with Crippen molar-refractivity contribution in [3.63, 3.8) is 0 Å². The van der Waals surface area contributed by atoms with E-state index in [0.29, 0.717) is 5.69 Å². The van der Waals surface area contributed by atoms with Gasteiger partial charge in [-0.15, -0.1) is 5.10 Å². The molecule has 1 heterocycles. The number of methoxy groups -OCH3 is 1. The number of nitrogen functional groups attached to an aromatic ring is 1. The first kappa shape index (κ1) is 15.0. The molecule has 0 aliphatic heterocycles. The van der Waals surface area contributed by atoms with Crippen molar-refractivity contribution >= 4 is 39.3 Å². The molecule has 0 aliphatic carbocycles. The summed E-state index contributed by atoms with van der Waals surface area (Å²) < 4.78 is 6.38. The number of nitrogens with two attached hydrogens (primary N) is 1. The minimum absolute atomic E-state index is 0.0240. The predicted molar refractivity (Wildman–Crippen MR) is 78.5 cm³/mol. The number of hydrogen-bond acceptors (Lipinski definition) is 6. The zero-order valence-corrected chi connectivity index (χ0v) is 12.6. The van der Waals surface area contributed by atoms with Crippen molar-refractivity contribution < 1.29 is 14.3 Å². The highest BCUT2D eigenvalue weighted by Crippen LogP contribution is 2.21. The van der Waals surface area contributed by atoms with Crippen LogP contribution in [0.15, 0.2) is 28.7 Å². The van der Waals surface area contributed by atoms with E-state index in [9.17, 15) is 9.59 Å². The van der Waals surface area contributed by atoms with Gasteiger partial charge in [-0.1, -0.05) is 17.3 Å². The van der Waals surface area contributed by atoms with Gasteiger partial charge in [-0.25, -0.2) is 9.48 Å². The fourth-order valence-corrected chi connectivity index (χ4v) is 1.95. The van der Waals surface area contributed by atoms with E-state index in [2.05, 4.69) is 36.3 Å². The molecule has 0 aliphatic rings. The lowest BCUT2D eigenvalue weighted by Crippen LogP contribution is -2.21. The first-order chi connectivity index (χ1) is 10.0. The van der Waals surface area contributed by atoms with Crippen LogP contribution in [0, 0.1) is 0 Å². The van der Waals surface area contributed by atoms with Gasteiger partial charge in [-0.05, 0) is 28.1 Å². The number of carbonyl (C=O) groups excluding carboxylic acids is 2. The quantitative estimate of drug-likeness (QED) is 0.794. The summed E-state index contributed by atoms with van der Waals surface area (Å²) in [6, 6.07) is 7.17. The number of anilines is 2. The Morgan fingerprint density at radius 1 is 1.43 bits per heavy atom. The number of rotatable bonds is 4. The highest BCUT2D eigenvalue weighted by molar-refractivity contribution is 9.10. The van der Waals surface area contributed by atoms with Crippen molar-refractivity contribution in [2.45, 2.75) is 6.54 Å². The second-order valence-corrected chi connectivity index (χ2v) is 4.85. The van der Waals surface area contributed by atoms with Gasteiger partial charge in [0.15, 0.2) is 5.82 Å². The van der Waals surface area contributed by atoms with E-state index in [4.69, 9.17) is 5.73 Å². The second-order valence-electron chi connectivity index (χ2n) is 4.00. The van der Waals surface area contributed by atoms with Gasteiger partial charge in [-0.3, -0.25) is 4.79 Å². The fourth-order valence-electron chi connectivity index (χ4n) is 1.57. The molecular weight excluding hydrogens is 342 g/mol. The van der Waals surface area contributed by atoms with Crippen LogP contribution in [0.3, 0.4) is 0 Å². The van der Waals surface area contributed by atoms with Crippen LogP contribution in [0.4, 0.5) is 11.5 Å². The van der Waals surface area contributed by atoms with E-state index in [0.717, 1.165) is 9.15 Å². The molecule has 0 radical (unpaired) electrons. The van der Waals surface area contributed by atoms with E-state index in [1.807, 2.05) is 6.07 Å². The highest BCUT2D eigenvalue weighted by atomic mass is 79.9. The largest absolute Gasteiger partial charge is 0.464 e. The molecule has 0 spiro atoms. The van der Waals surface area contributed by atoms with Gasteiger partial charge in [-0.2, -0.15) is 0 Å². The maximum Gasteiger partial charge on any atom is 0.362 e. The maximum atomic E-state index is 11.9. The number of halogens is 1. The van der Waals surface area contributed by atoms with E-state index >= 15 is 0 Å². The predicted octanol–water partition coefficient (Wildman–Crippen LogP) is 1.05. The number of carbonyl (C=O) groups is 2. The standard InChI is InChI=1S/C12H12BrN5O3/c1-21-12(20)10-11(14)18(17-16-10)6-9(19)15-8-5-3-2-4-7(8)13/h2-5H,6,14H2,1H3,(H,15,19). The Bertz CT molecular complexity index is 685. The Balaban J connectivity index is 2.09. The fraction of sp³-hybridized carbons (Fsp3) is 0.167. The van der Waals surface area contributed by atoms with Gasteiger partial charge >= 0.3 is 5.97 Å². The summed E-state index contributed by atoms with van der Waals surface area (Å²) in [5.41, 5.74) is 6.20. The van der Waals surface area contributed by atoms with E-state index < -0.39 is 5.97 Å². The SMILES string of the molecule is COC(=O)c1nnn(CC(=O)Nc2ccccc2Br)c1N. The number of para-hydroxylation sites is 1. The first-order valence-electron chi connectivity index (χ1n) is 5.84. The van der Waals surface area contributed by atoms with Crippen LogP contribution in [-0.4, -0.2) is 34.0 Å². The molecule has 1 amide bonds. The van der Waals surface area contributed by atoms with Gasteiger partial charge < -0.3 is 15.8 Å². The van der Waals surface area contributed by atoms with Crippen molar-refractivity contribution in [2.75, 3.05) is 18.2 Å². The average molecular weight is 354 g/mol. The van der Waals surface area contributed by atoms with Gasteiger partial charge in [0.05, 0.1) is 12.8 Å². The van der Waals surface area contributed by atoms with Gasteiger partial charge in [0.2, 0.25) is 11.6 Å². The van der Waals surface area contributed by atoms with Crippen LogP contribution in [-0.2, 0) is 16.1 Å². The lowest BCUT2D eigenvalue weighted by molar-refractivity contribution is -0.116. The Labute approximate surface area is 128 Å². The number of esters is 1. The number of nitrogens with zero attached hydrogens (tertiary/aromatic N) is 3. The molecule has 2 aromatic rings. The van der Waals surface area contributed by atoms with Gasteiger partial charge in [0.25, 0.3) is 0 Å². The first-order valence-corrected chi connectivity index (χ1v) is 6.64. The summed E-state index contributed by atoms with van der Waals surface area (Å²) in [5, 5.41) is 9.94. The molecule has 0 saturated carbocycles. The minimum Gasteiger partial charge on any atom is -0.464 e. The van der Waals surface area contributed by atoms with Gasteiger partial charge in [0, 0.05) is 4.47 Å². The molecule has 0 saturated heterocycles. The number of hydrogen-bond donors (Lipinski definition) is 2. The highest BCUT2D eigenvalue weighted by Gasteiger charge is 2.19. The smallest absolute Gasteiger partial charge is 0.362 e. The summed E-state index contributed by atoms with van der Waals surface area (Å²) >= 11 is 3.32. The average Bonchev–Trinajstić information content (AvgIpc) is 2.82. The number of ether oxygens (including phenoxy) is 1. The Hall–Kier alpha value is -2.42. The lowest BCUT2D eigenvalue weighted by Gasteiger charge is -2.07. The Morgan fingerprint density at radius 2 is 2.14 bits per heavy atom. The van der Waals surface area contributed by atoms with Crippen molar-refractivity contribution in [2.24, 2.45) is 0 Å². The molecular formula is C12H12BrN5O3. The monoisotopic (exact) mass is 353 g/mol. The molecule has 1 aromatic heterocycles. The molecule has 21 heavy (non-hydrogen) atoms. The summed E-state index contributed by atoms with van der Waals surface area (Å²) in [6.45, 7) is -0.169. The number of aromatic nitrogens is 3. The van der Waals surface area contributed by atoms with E-state index in [1.54, 1.807) is 18.2 Å². The third-order valence-electron chi connectivity index (χ3n) is 2.59. The molecule has 0 unspecified atom stereocenters. The third-order valence-corrected chi connectivity index (χ3v) is 3.28. The van der Waals surface area contributed by atoms with Crippen molar-refractivity contribution in [3.8, 4) is 0 Å². The normalized spacial score (nSPS) is 10.2. The molecule has 0 fully saturated rings. The van der Waals surface area contributed by atoms with Crippen LogP contribution in [0.1, 0.15) is 10.5 Å². The van der Waals surface area contributed by atoms with Crippen molar-refractivity contribution in [1.82, 2.24) is 15.0 Å². The van der Waals surface area contributed by atoms with Crippen molar-refractivity contribution in [3.05, 3.63) is 34.4 Å². The third kappa shape index (κ3) is 3.37. The summed E-state index contributed by atoms with van der Waals surface area (Å²) in [5.74, 6) is -1.08. The lowest BCUT2D eigenvalue weighted by atomic mass is 10.3. The van der Waals surface area contributed by atoms with Crippen LogP contribution in [0.2, 0.25) is 0 Å². The molecule has 110 valence electrons. The van der Waals surface area contributed by atoms with E-state index in [1.165, 1.54) is 7.11 Å². The Kier molecular flexibility index (Phi) is 4.53.